The normalized spacial score (nSPS) is 10.9. The van der Waals surface area contributed by atoms with Crippen molar-refractivity contribution in [1.29, 1.82) is 0 Å². The van der Waals surface area contributed by atoms with Gasteiger partial charge in [0.25, 0.3) is 15.9 Å². The number of hydrogen-bond acceptors (Lipinski definition) is 4. The van der Waals surface area contributed by atoms with Crippen LogP contribution < -0.4 is 14.4 Å². The van der Waals surface area contributed by atoms with Crippen molar-refractivity contribution in [1.82, 2.24) is 0 Å². The van der Waals surface area contributed by atoms with Crippen molar-refractivity contribution in [3.8, 4) is 5.75 Å². The zero-order valence-electron chi connectivity index (χ0n) is 17.4. The first-order chi connectivity index (χ1) is 14.8. The predicted octanol–water partition coefficient (Wildman–Crippen LogP) is 4.64. The van der Waals surface area contributed by atoms with E-state index in [1.807, 2.05) is 6.92 Å². The van der Waals surface area contributed by atoms with Crippen LogP contribution in [0, 0.1) is 6.92 Å². The smallest absolute Gasteiger partial charge is 0.264 e. The number of hydrogen-bond donors (Lipinski definition) is 1. The molecule has 1 N–H and O–H groups in total. The third-order valence-electron chi connectivity index (χ3n) is 4.61. The molecular formula is C24H24N2O4S. The van der Waals surface area contributed by atoms with E-state index in [1.165, 1.54) is 7.05 Å². The van der Waals surface area contributed by atoms with E-state index in [4.69, 9.17) is 4.74 Å². The number of nitrogens with zero attached hydrogens (tertiary/aromatic N) is 1. The molecule has 160 valence electrons. The number of benzene rings is 3. The summed E-state index contributed by atoms with van der Waals surface area (Å²) in [4.78, 5) is 12.9. The molecular weight excluding hydrogens is 412 g/mol. The molecule has 0 saturated carbocycles. The summed E-state index contributed by atoms with van der Waals surface area (Å²) < 4.78 is 32.5. The fourth-order valence-electron chi connectivity index (χ4n) is 2.87. The minimum atomic E-state index is -3.75. The fourth-order valence-corrected chi connectivity index (χ4v) is 4.06. The number of carbonyl (C=O) groups is 1. The van der Waals surface area contributed by atoms with Gasteiger partial charge in [-0.15, -0.1) is 0 Å². The maximum absolute atomic E-state index is 12.9. The Balaban J connectivity index is 1.80. The van der Waals surface area contributed by atoms with Gasteiger partial charge in [0.2, 0.25) is 0 Å². The summed E-state index contributed by atoms with van der Waals surface area (Å²) in [7, 11) is -2.28. The highest BCUT2D eigenvalue weighted by atomic mass is 32.2. The van der Waals surface area contributed by atoms with Crippen LogP contribution in [0.2, 0.25) is 0 Å². The maximum atomic E-state index is 12.9. The van der Waals surface area contributed by atoms with Gasteiger partial charge in [-0.2, -0.15) is 0 Å². The molecule has 0 bridgehead atoms. The van der Waals surface area contributed by atoms with E-state index >= 15 is 0 Å². The van der Waals surface area contributed by atoms with Gasteiger partial charge in [-0.3, -0.25) is 9.10 Å². The Hall–Kier alpha value is -3.58. The lowest BCUT2D eigenvalue weighted by Crippen LogP contribution is -2.26. The van der Waals surface area contributed by atoms with Gasteiger partial charge in [0, 0.05) is 24.4 Å². The third kappa shape index (κ3) is 5.32. The molecule has 1 amide bonds. The van der Waals surface area contributed by atoms with Gasteiger partial charge in [-0.25, -0.2) is 8.42 Å². The number of aryl methyl sites for hydroxylation is 1. The molecule has 0 aliphatic rings. The van der Waals surface area contributed by atoms with Crippen molar-refractivity contribution in [3.05, 3.63) is 96.6 Å². The summed E-state index contributed by atoms with van der Waals surface area (Å²) in [5.41, 5.74) is 2.26. The van der Waals surface area contributed by atoms with Crippen LogP contribution >= 0.6 is 0 Å². The van der Waals surface area contributed by atoms with Crippen molar-refractivity contribution in [2.45, 2.75) is 11.8 Å². The zero-order valence-corrected chi connectivity index (χ0v) is 18.2. The molecule has 6 nitrogen and oxygen atoms in total. The summed E-state index contributed by atoms with van der Waals surface area (Å²) in [6.07, 6.45) is 1.64. The van der Waals surface area contributed by atoms with E-state index in [2.05, 4.69) is 11.9 Å². The first kappa shape index (κ1) is 22.1. The number of ether oxygens (including phenoxy) is 1. The lowest BCUT2D eigenvalue weighted by atomic mass is 10.2. The first-order valence-corrected chi connectivity index (χ1v) is 11.1. The van der Waals surface area contributed by atoms with E-state index in [1.54, 1.807) is 78.9 Å². The van der Waals surface area contributed by atoms with Gasteiger partial charge in [-0.05, 0) is 49.4 Å². The summed E-state index contributed by atoms with van der Waals surface area (Å²) >= 11 is 0. The van der Waals surface area contributed by atoms with Crippen LogP contribution in [0.5, 0.6) is 5.75 Å². The standard InChI is InChI=1S/C24H24N2O4S/c1-4-15-30-22-10-6-8-20(17-22)25-24(27)19-7-5-9-21(16-19)26(3)31(28,29)23-13-11-18(2)12-14-23/h4-14,16-17H,1,15H2,2-3H3,(H,25,27). The highest BCUT2D eigenvalue weighted by molar-refractivity contribution is 7.92. The Morgan fingerprint density at radius 3 is 2.48 bits per heavy atom. The molecule has 0 aromatic heterocycles. The van der Waals surface area contributed by atoms with Crippen LogP contribution in [0.1, 0.15) is 15.9 Å². The number of nitrogens with one attached hydrogen (secondary N) is 1. The zero-order chi connectivity index (χ0) is 22.4. The molecule has 7 heteroatoms. The molecule has 0 heterocycles. The SMILES string of the molecule is C=CCOc1cccc(NC(=O)c2cccc(N(C)S(=O)(=O)c3ccc(C)cc3)c2)c1. The summed E-state index contributed by atoms with van der Waals surface area (Å²) in [5.74, 6) is 0.249. The monoisotopic (exact) mass is 436 g/mol. The largest absolute Gasteiger partial charge is 0.489 e. The quantitative estimate of drug-likeness (QED) is 0.522. The first-order valence-electron chi connectivity index (χ1n) is 9.62. The van der Waals surface area contributed by atoms with Gasteiger partial charge in [0.05, 0.1) is 10.6 Å². The molecule has 0 spiro atoms. The molecule has 0 radical (unpaired) electrons. The molecule has 0 saturated heterocycles. The minimum Gasteiger partial charge on any atom is -0.489 e. The van der Waals surface area contributed by atoms with Crippen LogP contribution in [0.3, 0.4) is 0 Å². The molecule has 31 heavy (non-hydrogen) atoms. The van der Waals surface area contributed by atoms with Crippen molar-refractivity contribution in [2.75, 3.05) is 23.3 Å². The van der Waals surface area contributed by atoms with Gasteiger partial charge < -0.3 is 10.1 Å². The lowest BCUT2D eigenvalue weighted by Gasteiger charge is -2.20. The van der Waals surface area contributed by atoms with Crippen LogP contribution in [0.25, 0.3) is 0 Å². The number of sulfonamides is 1. The van der Waals surface area contributed by atoms with E-state index in [0.29, 0.717) is 29.3 Å². The Bertz CT molecular complexity index is 1190. The number of carbonyl (C=O) groups excluding carboxylic acids is 1. The Morgan fingerprint density at radius 1 is 1.06 bits per heavy atom. The van der Waals surface area contributed by atoms with Gasteiger partial charge in [0.15, 0.2) is 0 Å². The molecule has 0 unspecified atom stereocenters. The number of anilines is 2. The maximum Gasteiger partial charge on any atom is 0.264 e. The Morgan fingerprint density at radius 2 is 1.77 bits per heavy atom. The average Bonchev–Trinajstić information content (AvgIpc) is 2.77. The second kappa shape index (κ2) is 9.49. The highest BCUT2D eigenvalue weighted by Gasteiger charge is 2.22. The summed E-state index contributed by atoms with van der Waals surface area (Å²) in [6, 6.07) is 20.1. The number of rotatable bonds is 8. The van der Waals surface area contributed by atoms with Crippen molar-refractivity contribution in [2.24, 2.45) is 0 Å². The van der Waals surface area contributed by atoms with Crippen molar-refractivity contribution < 1.29 is 17.9 Å². The lowest BCUT2D eigenvalue weighted by molar-refractivity contribution is 0.102. The van der Waals surface area contributed by atoms with E-state index in [9.17, 15) is 13.2 Å². The minimum absolute atomic E-state index is 0.187. The predicted molar refractivity (Wildman–Crippen MR) is 123 cm³/mol. The van der Waals surface area contributed by atoms with Crippen LogP contribution in [-0.4, -0.2) is 28.0 Å². The van der Waals surface area contributed by atoms with E-state index < -0.39 is 10.0 Å². The van der Waals surface area contributed by atoms with Crippen LogP contribution in [0.4, 0.5) is 11.4 Å². The number of amides is 1. The van der Waals surface area contributed by atoms with Crippen molar-refractivity contribution >= 4 is 27.3 Å². The van der Waals surface area contributed by atoms with Crippen LogP contribution in [0.15, 0.2) is 90.3 Å². The van der Waals surface area contributed by atoms with E-state index in [0.717, 1.165) is 9.87 Å². The summed E-state index contributed by atoms with van der Waals surface area (Å²) in [6.45, 7) is 5.86. The molecule has 0 atom stereocenters. The molecule has 3 aromatic carbocycles. The molecule has 3 rings (SSSR count). The topological polar surface area (TPSA) is 75.7 Å². The van der Waals surface area contributed by atoms with Crippen molar-refractivity contribution in [3.63, 3.8) is 0 Å². The van der Waals surface area contributed by atoms with E-state index in [-0.39, 0.29) is 10.8 Å². The van der Waals surface area contributed by atoms with Gasteiger partial charge >= 0.3 is 0 Å². The van der Waals surface area contributed by atoms with Gasteiger partial charge in [0.1, 0.15) is 12.4 Å². The molecule has 0 aliphatic heterocycles. The highest BCUT2D eigenvalue weighted by Crippen LogP contribution is 2.24. The molecule has 3 aromatic rings. The fraction of sp³-hybridized carbons (Fsp3) is 0.125. The second-order valence-electron chi connectivity index (χ2n) is 6.92. The third-order valence-corrected chi connectivity index (χ3v) is 6.41. The van der Waals surface area contributed by atoms with Gasteiger partial charge in [-0.1, -0.05) is 42.5 Å². The molecule has 0 aliphatic carbocycles. The second-order valence-corrected chi connectivity index (χ2v) is 8.89. The average molecular weight is 437 g/mol. The molecule has 0 fully saturated rings. The van der Waals surface area contributed by atoms with Crippen LogP contribution in [-0.2, 0) is 10.0 Å². The Kier molecular flexibility index (Phi) is 6.77. The summed E-state index contributed by atoms with van der Waals surface area (Å²) in [5, 5.41) is 2.81. The Labute approximate surface area is 182 Å².